The number of hydrogen-bond acceptors (Lipinski definition) is 4. The number of nitro groups is 1. The van der Waals surface area contributed by atoms with E-state index >= 15 is 0 Å². The van der Waals surface area contributed by atoms with Crippen molar-refractivity contribution in [1.82, 2.24) is 0 Å². The van der Waals surface area contributed by atoms with Crippen LogP contribution in [-0.2, 0) is 4.79 Å². The largest absolute Gasteiger partial charge is 0.481 e. The Hall–Kier alpha value is -1.95. The predicted octanol–water partition coefficient (Wildman–Crippen LogP) is 2.28. The molecule has 1 aromatic rings. The Bertz CT molecular complexity index is 524. The molecule has 0 amide bonds. The topological polar surface area (TPSA) is 106 Å². The first-order chi connectivity index (χ1) is 9.51. The minimum atomic E-state index is -0.885. The van der Waals surface area contributed by atoms with Gasteiger partial charge in [0.1, 0.15) is 0 Å². The fraction of sp³-hybridized carbons (Fsp3) is 0.500. The van der Waals surface area contributed by atoms with Crippen LogP contribution in [0.4, 0.5) is 5.69 Å². The lowest BCUT2D eigenvalue weighted by Crippen LogP contribution is -2.38. The van der Waals surface area contributed by atoms with Gasteiger partial charge in [-0.25, -0.2) is 0 Å². The maximum absolute atomic E-state index is 11.7. The van der Waals surface area contributed by atoms with E-state index < -0.39 is 16.3 Å². The Morgan fingerprint density at radius 1 is 1.45 bits per heavy atom. The van der Waals surface area contributed by atoms with Gasteiger partial charge in [-0.1, -0.05) is 25.0 Å². The summed E-state index contributed by atoms with van der Waals surface area (Å²) in [4.78, 5) is 22.1. The van der Waals surface area contributed by atoms with Gasteiger partial charge in [0.15, 0.2) is 0 Å². The molecule has 3 N–H and O–H groups in total. The number of rotatable bonds is 5. The van der Waals surface area contributed by atoms with E-state index in [0.717, 1.165) is 12.8 Å². The zero-order valence-corrected chi connectivity index (χ0v) is 11.1. The molecule has 6 nitrogen and oxygen atoms in total. The highest BCUT2D eigenvalue weighted by Crippen LogP contribution is 2.49. The highest BCUT2D eigenvalue weighted by atomic mass is 16.6. The number of carboxylic acids is 1. The van der Waals surface area contributed by atoms with E-state index in [0.29, 0.717) is 18.4 Å². The summed E-state index contributed by atoms with van der Waals surface area (Å²) in [6, 6.07) is 6.16. The minimum Gasteiger partial charge on any atom is -0.481 e. The highest BCUT2D eigenvalue weighted by Gasteiger charge is 2.48. The Labute approximate surface area is 116 Å². The second-order valence-corrected chi connectivity index (χ2v) is 5.31. The van der Waals surface area contributed by atoms with E-state index in [2.05, 4.69) is 0 Å². The van der Waals surface area contributed by atoms with E-state index in [4.69, 9.17) is 5.73 Å². The van der Waals surface area contributed by atoms with Crippen molar-refractivity contribution in [3.63, 3.8) is 0 Å². The van der Waals surface area contributed by atoms with Crippen molar-refractivity contribution in [2.24, 2.45) is 11.1 Å². The van der Waals surface area contributed by atoms with Crippen molar-refractivity contribution in [1.29, 1.82) is 0 Å². The molecular weight excluding hydrogens is 260 g/mol. The van der Waals surface area contributed by atoms with Crippen LogP contribution in [0.5, 0.6) is 0 Å². The number of non-ortho nitro benzene ring substituents is 1. The van der Waals surface area contributed by atoms with Gasteiger partial charge in [0, 0.05) is 24.6 Å². The minimum absolute atomic E-state index is 0.0283. The second kappa shape index (κ2) is 5.58. The smallest absolute Gasteiger partial charge is 0.310 e. The van der Waals surface area contributed by atoms with Gasteiger partial charge in [-0.05, 0) is 18.4 Å². The summed E-state index contributed by atoms with van der Waals surface area (Å²) in [6.07, 6.45) is 2.87. The molecule has 0 aliphatic heterocycles. The summed E-state index contributed by atoms with van der Waals surface area (Å²) < 4.78 is 0. The zero-order valence-electron chi connectivity index (χ0n) is 11.1. The molecular formula is C14H18N2O4. The Kier molecular flexibility index (Phi) is 4.04. The number of aliphatic carboxylic acids is 1. The molecule has 0 aromatic heterocycles. The van der Waals surface area contributed by atoms with E-state index in [-0.39, 0.29) is 18.2 Å². The van der Waals surface area contributed by atoms with Crippen LogP contribution in [0.15, 0.2) is 24.3 Å². The molecule has 6 heteroatoms. The van der Waals surface area contributed by atoms with Crippen molar-refractivity contribution < 1.29 is 14.8 Å². The predicted molar refractivity (Wildman–Crippen MR) is 73.4 cm³/mol. The van der Waals surface area contributed by atoms with Gasteiger partial charge in [-0.15, -0.1) is 0 Å². The molecule has 1 unspecified atom stereocenters. The number of nitrogens with zero attached hydrogens (tertiary/aromatic N) is 1. The monoisotopic (exact) mass is 278 g/mol. The highest BCUT2D eigenvalue weighted by molar-refractivity contribution is 5.76. The zero-order chi connectivity index (χ0) is 14.8. The molecule has 1 saturated carbocycles. The number of carbonyl (C=O) groups is 1. The SMILES string of the molecule is NCC(c1cccc([N+](=O)[O-])c1)C1(C(=O)O)CCCC1. The molecule has 1 aliphatic carbocycles. The molecule has 1 atom stereocenters. The van der Waals surface area contributed by atoms with Crippen molar-refractivity contribution in [3.8, 4) is 0 Å². The van der Waals surface area contributed by atoms with Gasteiger partial charge in [0.25, 0.3) is 5.69 Å². The number of nitro benzene ring substituents is 1. The van der Waals surface area contributed by atoms with Gasteiger partial charge in [0.2, 0.25) is 0 Å². The number of hydrogen-bond donors (Lipinski definition) is 2. The van der Waals surface area contributed by atoms with Crippen LogP contribution in [0.1, 0.15) is 37.2 Å². The third kappa shape index (κ3) is 2.38. The van der Waals surface area contributed by atoms with E-state index in [1.807, 2.05) is 0 Å². The average molecular weight is 278 g/mol. The maximum atomic E-state index is 11.7. The quantitative estimate of drug-likeness (QED) is 0.634. The van der Waals surface area contributed by atoms with Crippen LogP contribution >= 0.6 is 0 Å². The lowest BCUT2D eigenvalue weighted by molar-refractivity contribution is -0.384. The van der Waals surface area contributed by atoms with Gasteiger partial charge >= 0.3 is 5.97 Å². The number of carboxylic acid groups (broad SMARTS) is 1. The first-order valence-electron chi connectivity index (χ1n) is 6.69. The molecule has 0 saturated heterocycles. The molecule has 1 fully saturated rings. The van der Waals surface area contributed by atoms with E-state index in [1.54, 1.807) is 12.1 Å². The molecule has 0 bridgehead atoms. The van der Waals surface area contributed by atoms with Crippen LogP contribution < -0.4 is 5.73 Å². The molecule has 1 aromatic carbocycles. The molecule has 108 valence electrons. The van der Waals surface area contributed by atoms with Gasteiger partial charge < -0.3 is 10.8 Å². The molecule has 0 heterocycles. The van der Waals surface area contributed by atoms with Crippen LogP contribution in [0.25, 0.3) is 0 Å². The third-order valence-corrected chi connectivity index (χ3v) is 4.31. The van der Waals surface area contributed by atoms with Crippen molar-refractivity contribution in [2.45, 2.75) is 31.6 Å². The van der Waals surface area contributed by atoms with Crippen LogP contribution in [-0.4, -0.2) is 22.5 Å². The summed E-state index contributed by atoms with van der Waals surface area (Å²) in [5, 5.41) is 20.5. The number of benzene rings is 1. The molecule has 0 spiro atoms. The standard InChI is InChI=1S/C14H18N2O4/c15-9-12(14(13(17)18)6-1-2-7-14)10-4-3-5-11(8-10)16(19)20/h3-5,8,12H,1-2,6-7,9,15H2,(H,17,18). The maximum Gasteiger partial charge on any atom is 0.310 e. The van der Waals surface area contributed by atoms with Crippen LogP contribution in [0, 0.1) is 15.5 Å². The van der Waals surface area contributed by atoms with Gasteiger partial charge in [0.05, 0.1) is 10.3 Å². The van der Waals surface area contributed by atoms with Crippen molar-refractivity contribution in [2.75, 3.05) is 6.54 Å². The first-order valence-corrected chi connectivity index (χ1v) is 6.69. The number of nitrogens with two attached hydrogens (primary N) is 1. The summed E-state index contributed by atoms with van der Waals surface area (Å²) in [5.41, 5.74) is 5.53. The average Bonchev–Trinajstić information content (AvgIpc) is 2.90. The van der Waals surface area contributed by atoms with Crippen molar-refractivity contribution in [3.05, 3.63) is 39.9 Å². The lowest BCUT2D eigenvalue weighted by Gasteiger charge is -2.33. The summed E-state index contributed by atoms with van der Waals surface area (Å²) in [6.45, 7) is 0.174. The molecule has 2 rings (SSSR count). The normalized spacial score (nSPS) is 18.6. The van der Waals surface area contributed by atoms with Gasteiger partial charge in [-0.2, -0.15) is 0 Å². The summed E-state index contributed by atoms with van der Waals surface area (Å²) in [7, 11) is 0. The van der Waals surface area contributed by atoms with Crippen molar-refractivity contribution >= 4 is 11.7 Å². The van der Waals surface area contributed by atoms with E-state index in [1.165, 1.54) is 12.1 Å². The van der Waals surface area contributed by atoms with Crippen LogP contribution in [0.3, 0.4) is 0 Å². The fourth-order valence-corrected chi connectivity index (χ4v) is 3.25. The molecule has 20 heavy (non-hydrogen) atoms. The fourth-order valence-electron chi connectivity index (χ4n) is 3.25. The Morgan fingerprint density at radius 3 is 2.60 bits per heavy atom. The van der Waals surface area contributed by atoms with Crippen LogP contribution in [0.2, 0.25) is 0 Å². The summed E-state index contributed by atoms with van der Waals surface area (Å²) in [5.74, 6) is -1.24. The third-order valence-electron chi connectivity index (χ3n) is 4.31. The Balaban J connectivity index is 2.43. The van der Waals surface area contributed by atoms with E-state index in [9.17, 15) is 20.0 Å². The summed E-state index contributed by atoms with van der Waals surface area (Å²) >= 11 is 0. The first kappa shape index (κ1) is 14.5. The second-order valence-electron chi connectivity index (χ2n) is 5.31. The molecule has 1 aliphatic rings. The molecule has 0 radical (unpaired) electrons. The lowest BCUT2D eigenvalue weighted by atomic mass is 9.70. The Morgan fingerprint density at radius 2 is 2.10 bits per heavy atom. The van der Waals surface area contributed by atoms with Gasteiger partial charge in [-0.3, -0.25) is 14.9 Å².